The highest BCUT2D eigenvalue weighted by atomic mass is 79.9. The predicted molar refractivity (Wildman–Crippen MR) is 105 cm³/mol. The average molecular weight is 428 g/mol. The van der Waals surface area contributed by atoms with E-state index in [1.807, 2.05) is 28.0 Å². The van der Waals surface area contributed by atoms with Crippen LogP contribution in [0.5, 0.6) is 0 Å². The third-order valence-corrected chi connectivity index (χ3v) is 5.91. The molecule has 1 aliphatic carbocycles. The Bertz CT molecular complexity index is 918. The summed E-state index contributed by atoms with van der Waals surface area (Å²) in [5, 5.41) is 9.22. The maximum absolute atomic E-state index is 13.8. The number of carbonyl (C=O) groups excluding carboxylic acids is 1. The zero-order chi connectivity index (χ0) is 19.0. The fraction of sp³-hybridized carbons (Fsp3) is 0.333. The molecule has 1 amide bonds. The van der Waals surface area contributed by atoms with Gasteiger partial charge in [0.25, 0.3) is 0 Å². The molecule has 2 fully saturated rings. The van der Waals surface area contributed by atoms with E-state index in [1.54, 1.807) is 12.1 Å². The van der Waals surface area contributed by atoms with Crippen LogP contribution in [0.25, 0.3) is 0 Å². The number of rotatable bonds is 3. The van der Waals surface area contributed by atoms with E-state index in [1.165, 1.54) is 11.6 Å². The van der Waals surface area contributed by atoms with Gasteiger partial charge in [0.2, 0.25) is 5.91 Å². The monoisotopic (exact) mass is 427 g/mol. The number of halogens is 2. The van der Waals surface area contributed by atoms with Crippen molar-refractivity contribution in [3.8, 4) is 6.07 Å². The molecule has 0 radical (unpaired) electrons. The lowest BCUT2D eigenvalue weighted by Gasteiger charge is -2.36. The summed E-state index contributed by atoms with van der Waals surface area (Å²) in [6, 6.07) is 14.8. The molecule has 2 aliphatic rings. The average Bonchev–Trinajstić information content (AvgIpc) is 3.48. The van der Waals surface area contributed by atoms with Crippen LogP contribution in [0.1, 0.15) is 23.5 Å². The number of nitrogens with zero attached hydrogens (tertiary/aromatic N) is 3. The number of piperazine rings is 1. The summed E-state index contributed by atoms with van der Waals surface area (Å²) in [6.45, 7) is 2.42. The van der Waals surface area contributed by atoms with E-state index in [4.69, 9.17) is 0 Å². The van der Waals surface area contributed by atoms with Crippen molar-refractivity contribution >= 4 is 27.5 Å². The predicted octanol–water partition coefficient (Wildman–Crippen LogP) is 3.91. The maximum atomic E-state index is 13.8. The minimum absolute atomic E-state index is 0.0645. The molecule has 138 valence electrons. The lowest BCUT2D eigenvalue weighted by molar-refractivity contribution is -0.132. The zero-order valence-corrected chi connectivity index (χ0v) is 16.3. The molecule has 4 rings (SSSR count). The van der Waals surface area contributed by atoms with E-state index in [0.29, 0.717) is 37.8 Å². The first-order valence-electron chi connectivity index (χ1n) is 9.06. The lowest BCUT2D eigenvalue weighted by atomic mass is 10.1. The molecule has 0 aromatic heterocycles. The Labute approximate surface area is 166 Å². The van der Waals surface area contributed by atoms with E-state index in [9.17, 15) is 14.4 Å². The summed E-state index contributed by atoms with van der Waals surface area (Å²) in [5.74, 6) is 0.0823. The van der Waals surface area contributed by atoms with Gasteiger partial charge >= 0.3 is 0 Å². The molecule has 1 saturated carbocycles. The van der Waals surface area contributed by atoms with Gasteiger partial charge in [-0.15, -0.1) is 0 Å². The third kappa shape index (κ3) is 3.57. The molecule has 0 N–H and O–H groups in total. The van der Waals surface area contributed by atoms with Crippen LogP contribution in [0.15, 0.2) is 46.9 Å². The molecule has 27 heavy (non-hydrogen) atoms. The van der Waals surface area contributed by atoms with E-state index in [-0.39, 0.29) is 17.4 Å². The van der Waals surface area contributed by atoms with Gasteiger partial charge in [-0.3, -0.25) is 4.79 Å². The molecular weight excluding hydrogens is 409 g/mol. The van der Waals surface area contributed by atoms with Crippen molar-refractivity contribution in [1.82, 2.24) is 4.90 Å². The number of hydrogen-bond acceptors (Lipinski definition) is 3. The first-order chi connectivity index (χ1) is 13.1. The first-order valence-corrected chi connectivity index (χ1v) is 9.85. The highest BCUT2D eigenvalue weighted by Gasteiger charge is 2.46. The number of nitriles is 1. The SMILES string of the molecule is N#Cc1c(F)cccc1N1CCN(C(=O)C2CC2c2cccc(Br)c2)CC1. The van der Waals surface area contributed by atoms with Gasteiger partial charge in [0.05, 0.1) is 5.69 Å². The van der Waals surface area contributed by atoms with Crippen LogP contribution in [0.2, 0.25) is 0 Å². The molecule has 1 saturated heterocycles. The molecule has 1 aliphatic heterocycles. The summed E-state index contributed by atoms with van der Waals surface area (Å²) in [5.41, 5.74) is 1.90. The first kappa shape index (κ1) is 18.0. The van der Waals surface area contributed by atoms with Crippen LogP contribution in [-0.4, -0.2) is 37.0 Å². The zero-order valence-electron chi connectivity index (χ0n) is 14.7. The van der Waals surface area contributed by atoms with Gasteiger partial charge in [-0.05, 0) is 42.2 Å². The second-order valence-electron chi connectivity index (χ2n) is 7.06. The smallest absolute Gasteiger partial charge is 0.226 e. The Morgan fingerprint density at radius 2 is 1.89 bits per heavy atom. The molecule has 0 bridgehead atoms. The van der Waals surface area contributed by atoms with Crippen LogP contribution < -0.4 is 4.90 Å². The molecule has 2 atom stereocenters. The van der Waals surface area contributed by atoms with Crippen LogP contribution in [0.4, 0.5) is 10.1 Å². The summed E-state index contributed by atoms with van der Waals surface area (Å²) in [4.78, 5) is 16.7. The summed E-state index contributed by atoms with van der Waals surface area (Å²) >= 11 is 3.49. The van der Waals surface area contributed by atoms with Crippen molar-refractivity contribution in [1.29, 1.82) is 5.26 Å². The number of amides is 1. The second kappa shape index (κ2) is 7.32. The minimum atomic E-state index is -0.497. The van der Waals surface area contributed by atoms with E-state index in [0.717, 1.165) is 10.9 Å². The van der Waals surface area contributed by atoms with E-state index >= 15 is 0 Å². The Morgan fingerprint density at radius 1 is 1.15 bits per heavy atom. The van der Waals surface area contributed by atoms with E-state index < -0.39 is 5.82 Å². The van der Waals surface area contributed by atoms with Crippen molar-refractivity contribution in [2.24, 2.45) is 5.92 Å². The number of hydrogen-bond donors (Lipinski definition) is 0. The van der Waals surface area contributed by atoms with Crippen molar-refractivity contribution < 1.29 is 9.18 Å². The molecular formula is C21H19BrFN3O. The fourth-order valence-electron chi connectivity index (χ4n) is 3.86. The van der Waals surface area contributed by atoms with Gasteiger partial charge in [0, 0.05) is 36.6 Å². The number of anilines is 1. The van der Waals surface area contributed by atoms with Gasteiger partial charge in [-0.2, -0.15) is 5.26 Å². The van der Waals surface area contributed by atoms with Crippen LogP contribution in [0, 0.1) is 23.1 Å². The van der Waals surface area contributed by atoms with E-state index in [2.05, 4.69) is 28.1 Å². The van der Waals surface area contributed by atoms with Crippen molar-refractivity contribution in [2.75, 3.05) is 31.1 Å². The van der Waals surface area contributed by atoms with Gasteiger partial charge in [0.15, 0.2) is 0 Å². The van der Waals surface area contributed by atoms with Crippen molar-refractivity contribution in [2.45, 2.75) is 12.3 Å². The number of benzene rings is 2. The molecule has 2 aromatic rings. The van der Waals surface area contributed by atoms with Crippen LogP contribution >= 0.6 is 15.9 Å². The second-order valence-corrected chi connectivity index (χ2v) is 7.98. The molecule has 0 spiro atoms. The largest absolute Gasteiger partial charge is 0.367 e. The normalized spacial score (nSPS) is 21.7. The highest BCUT2D eigenvalue weighted by Crippen LogP contribution is 2.49. The topological polar surface area (TPSA) is 47.3 Å². The Hall–Kier alpha value is -2.39. The van der Waals surface area contributed by atoms with Crippen molar-refractivity contribution in [3.05, 3.63) is 63.9 Å². The molecule has 4 nitrogen and oxygen atoms in total. The standard InChI is InChI=1S/C21H19BrFN3O/c22-15-4-1-3-14(11-15)16-12-17(16)21(27)26-9-7-25(8-10-26)20-6-2-5-19(23)18(20)13-24/h1-6,11,16-17H,7-10,12H2. The Morgan fingerprint density at radius 3 is 2.59 bits per heavy atom. The lowest BCUT2D eigenvalue weighted by Crippen LogP contribution is -2.49. The summed E-state index contributed by atoms with van der Waals surface area (Å²) in [6.07, 6.45) is 0.901. The minimum Gasteiger partial charge on any atom is -0.367 e. The summed E-state index contributed by atoms with van der Waals surface area (Å²) in [7, 11) is 0. The van der Waals surface area contributed by atoms with Crippen LogP contribution in [-0.2, 0) is 4.79 Å². The molecule has 2 aromatic carbocycles. The van der Waals surface area contributed by atoms with Crippen molar-refractivity contribution in [3.63, 3.8) is 0 Å². The third-order valence-electron chi connectivity index (χ3n) is 5.42. The highest BCUT2D eigenvalue weighted by molar-refractivity contribution is 9.10. The van der Waals surface area contributed by atoms with Gasteiger partial charge in [-0.25, -0.2) is 4.39 Å². The van der Waals surface area contributed by atoms with Gasteiger partial charge in [0.1, 0.15) is 17.4 Å². The number of carbonyl (C=O) groups is 1. The molecule has 2 unspecified atom stereocenters. The fourth-order valence-corrected chi connectivity index (χ4v) is 4.28. The molecule has 1 heterocycles. The Kier molecular flexibility index (Phi) is 4.88. The maximum Gasteiger partial charge on any atom is 0.226 e. The quantitative estimate of drug-likeness (QED) is 0.745. The van der Waals surface area contributed by atoms with Crippen LogP contribution in [0.3, 0.4) is 0 Å². The summed E-state index contributed by atoms with van der Waals surface area (Å²) < 4.78 is 14.9. The molecule has 6 heteroatoms. The Balaban J connectivity index is 1.38. The van der Waals surface area contributed by atoms with Gasteiger partial charge < -0.3 is 9.80 Å². The van der Waals surface area contributed by atoms with Gasteiger partial charge in [-0.1, -0.05) is 34.1 Å².